The number of nitrogens with zero attached hydrogens (tertiary/aromatic N) is 1. The van der Waals surface area contributed by atoms with E-state index in [1.54, 1.807) is 11.3 Å². The van der Waals surface area contributed by atoms with Gasteiger partial charge in [-0.1, -0.05) is 17.9 Å². The van der Waals surface area contributed by atoms with Crippen LogP contribution in [0.1, 0.15) is 10.7 Å². The first-order chi connectivity index (χ1) is 7.20. The molecular formula is C8H12F6NPS. The average molecular weight is 299 g/mol. The molecular weight excluding hydrogens is 287 g/mol. The van der Waals surface area contributed by atoms with E-state index in [9.17, 15) is 25.2 Å². The van der Waals surface area contributed by atoms with E-state index in [0.717, 1.165) is 6.54 Å². The van der Waals surface area contributed by atoms with E-state index in [0.29, 0.717) is 0 Å². The van der Waals surface area contributed by atoms with Crippen molar-refractivity contribution in [3.63, 3.8) is 0 Å². The van der Waals surface area contributed by atoms with Gasteiger partial charge in [-0.05, 0) is 6.08 Å². The second kappa shape index (κ2) is 4.24. The van der Waals surface area contributed by atoms with Gasteiger partial charge in [0.2, 0.25) is 5.01 Å². The van der Waals surface area contributed by atoms with Crippen molar-refractivity contribution in [1.82, 2.24) is 0 Å². The fourth-order valence-corrected chi connectivity index (χ4v) is 1.76. The molecule has 0 amide bonds. The fraction of sp³-hybridized carbons (Fsp3) is 0.375. The van der Waals surface area contributed by atoms with E-state index < -0.39 is 7.81 Å². The summed E-state index contributed by atoms with van der Waals surface area (Å²) in [4.78, 5) is 0. The molecule has 0 fully saturated rings. The number of aryl methyl sites for hydroxylation is 2. The van der Waals surface area contributed by atoms with Gasteiger partial charge in [0.15, 0.2) is 12.2 Å². The van der Waals surface area contributed by atoms with Crippen LogP contribution < -0.4 is 4.57 Å². The van der Waals surface area contributed by atoms with Crippen molar-refractivity contribution in [1.29, 1.82) is 0 Å². The molecule has 9 heteroatoms. The molecule has 0 saturated heterocycles. The Labute approximate surface area is 98.6 Å². The Kier molecular flexibility index (Phi) is 4.09. The van der Waals surface area contributed by atoms with E-state index in [1.807, 2.05) is 6.08 Å². The number of hydrogen-bond donors (Lipinski definition) is 0. The Bertz CT molecular complexity index is 375. The molecule has 102 valence electrons. The Morgan fingerprint density at radius 3 is 1.88 bits per heavy atom. The van der Waals surface area contributed by atoms with Gasteiger partial charge in [-0.3, -0.25) is 0 Å². The first-order valence-corrected chi connectivity index (χ1v) is 7.23. The predicted octanol–water partition coefficient (Wildman–Crippen LogP) is 5.22. The van der Waals surface area contributed by atoms with E-state index in [2.05, 4.69) is 30.4 Å². The molecule has 0 spiro atoms. The first-order valence-electron chi connectivity index (χ1n) is 4.32. The summed E-state index contributed by atoms with van der Waals surface area (Å²) in [6.07, 6.45) is 1.92. The molecule has 1 rings (SSSR count). The maximum atomic E-state index is 9.87. The van der Waals surface area contributed by atoms with Crippen LogP contribution in [-0.4, -0.2) is 0 Å². The molecule has 0 aliphatic heterocycles. The van der Waals surface area contributed by atoms with E-state index in [4.69, 9.17) is 0 Å². The molecule has 0 N–H and O–H groups in total. The summed E-state index contributed by atoms with van der Waals surface area (Å²) in [5.41, 5.74) is 1.32. The Morgan fingerprint density at radius 2 is 1.65 bits per heavy atom. The molecule has 1 nitrogen and oxygen atoms in total. The first kappa shape index (κ1) is 16.4. The molecule has 0 saturated carbocycles. The second-order valence-corrected chi connectivity index (χ2v) is 6.23. The Morgan fingerprint density at radius 1 is 1.24 bits per heavy atom. The van der Waals surface area contributed by atoms with Gasteiger partial charge in [0, 0.05) is 13.8 Å². The van der Waals surface area contributed by atoms with Gasteiger partial charge in [-0.2, -0.15) is 4.57 Å². The van der Waals surface area contributed by atoms with Crippen molar-refractivity contribution in [3.8, 4) is 0 Å². The minimum atomic E-state index is -10.7. The second-order valence-electron chi connectivity index (χ2n) is 3.25. The quantitative estimate of drug-likeness (QED) is 0.305. The molecule has 1 aromatic rings. The zero-order chi connectivity index (χ0) is 14.0. The number of aromatic nitrogens is 1. The van der Waals surface area contributed by atoms with Crippen molar-refractivity contribution in [2.45, 2.75) is 20.4 Å². The molecule has 0 aromatic carbocycles. The summed E-state index contributed by atoms with van der Waals surface area (Å²) in [6.45, 7) is 8.88. The Balaban J connectivity index is 0.000000325. The number of hydrogen-bond acceptors (Lipinski definition) is 1. The van der Waals surface area contributed by atoms with Gasteiger partial charge < -0.3 is 0 Å². The SMILES string of the molecule is C=CC[n+]1c(C)csc1C.F[P-](F)(F)(F)(F)F. The third-order valence-corrected chi connectivity index (χ3v) is 2.54. The van der Waals surface area contributed by atoms with Crippen LogP contribution in [0.2, 0.25) is 0 Å². The summed E-state index contributed by atoms with van der Waals surface area (Å²) in [5, 5.41) is 3.51. The van der Waals surface area contributed by atoms with Crippen LogP contribution in [0.5, 0.6) is 0 Å². The van der Waals surface area contributed by atoms with Crippen LogP contribution in [0.15, 0.2) is 18.0 Å². The number of allylic oxidation sites excluding steroid dienone is 1. The van der Waals surface area contributed by atoms with Crippen molar-refractivity contribution in [3.05, 3.63) is 28.7 Å². The third-order valence-electron chi connectivity index (χ3n) is 1.52. The van der Waals surface area contributed by atoms with Gasteiger partial charge >= 0.3 is 33.0 Å². The van der Waals surface area contributed by atoms with Crippen molar-refractivity contribution < 1.29 is 29.7 Å². The summed E-state index contributed by atoms with van der Waals surface area (Å²) in [6, 6.07) is 0. The topological polar surface area (TPSA) is 3.88 Å². The van der Waals surface area contributed by atoms with Gasteiger partial charge in [0.25, 0.3) is 0 Å². The van der Waals surface area contributed by atoms with Gasteiger partial charge in [0.05, 0.1) is 5.38 Å². The molecule has 0 unspecified atom stereocenters. The average Bonchev–Trinajstić information content (AvgIpc) is 2.30. The molecule has 0 aliphatic carbocycles. The number of halogens is 6. The fourth-order valence-electron chi connectivity index (χ4n) is 0.948. The van der Waals surface area contributed by atoms with Crippen LogP contribution >= 0.6 is 19.1 Å². The molecule has 0 radical (unpaired) electrons. The summed E-state index contributed by atoms with van der Waals surface area (Å²) in [7, 11) is -10.7. The van der Waals surface area contributed by atoms with Gasteiger partial charge in [-0.25, -0.2) is 0 Å². The zero-order valence-electron chi connectivity index (χ0n) is 9.14. The van der Waals surface area contributed by atoms with E-state index in [1.165, 1.54) is 10.7 Å². The molecule has 0 aliphatic rings. The molecule has 1 heterocycles. The van der Waals surface area contributed by atoms with Crippen LogP contribution in [0.3, 0.4) is 0 Å². The van der Waals surface area contributed by atoms with E-state index >= 15 is 0 Å². The molecule has 1 aromatic heterocycles. The van der Waals surface area contributed by atoms with Crippen LogP contribution in [0, 0.1) is 13.8 Å². The standard InChI is InChI=1S/C8H12NS.F6P/c1-4-5-9-7(2)6-10-8(9)3;1-7(2,3,4,5)6/h4,6H,1,5H2,2-3H3;/q+1;-1. The minimum absolute atomic E-state index is 0.932. The monoisotopic (exact) mass is 299 g/mol. The van der Waals surface area contributed by atoms with Crippen molar-refractivity contribution in [2.24, 2.45) is 0 Å². The predicted molar refractivity (Wildman–Crippen MR) is 57.8 cm³/mol. The van der Waals surface area contributed by atoms with E-state index in [-0.39, 0.29) is 0 Å². The molecule has 17 heavy (non-hydrogen) atoms. The van der Waals surface area contributed by atoms with Crippen molar-refractivity contribution in [2.75, 3.05) is 0 Å². The van der Waals surface area contributed by atoms with Crippen LogP contribution in [0.4, 0.5) is 25.2 Å². The van der Waals surface area contributed by atoms with Gasteiger partial charge in [-0.15, -0.1) is 0 Å². The maximum absolute atomic E-state index is 10.7. The van der Waals surface area contributed by atoms with Crippen molar-refractivity contribution >= 4 is 19.1 Å². The zero-order valence-corrected chi connectivity index (χ0v) is 10.9. The van der Waals surface area contributed by atoms with Gasteiger partial charge in [0.1, 0.15) is 0 Å². The number of thiazole rings is 1. The summed E-state index contributed by atoms with van der Waals surface area (Å²) >= 11 is 1.79. The summed E-state index contributed by atoms with van der Waals surface area (Å²) in [5.74, 6) is 0. The summed E-state index contributed by atoms with van der Waals surface area (Å²) < 4.78 is 61.4. The Hall–Kier alpha value is -0.620. The van der Waals surface area contributed by atoms with Crippen LogP contribution in [-0.2, 0) is 6.54 Å². The number of rotatable bonds is 2. The molecule has 0 bridgehead atoms. The van der Waals surface area contributed by atoms with Crippen LogP contribution in [0.25, 0.3) is 0 Å². The normalized spacial score (nSPS) is 15.3. The third kappa shape index (κ3) is 11.6. The molecule has 0 atom stereocenters.